The molecule has 6 heteroatoms. The number of pyridine rings is 1. The number of hydrogen-bond donors (Lipinski definition) is 1. The molecule has 0 aliphatic rings. The maximum absolute atomic E-state index is 13.1. The van der Waals surface area contributed by atoms with Crippen molar-refractivity contribution in [1.82, 2.24) is 4.98 Å². The van der Waals surface area contributed by atoms with Gasteiger partial charge in [0.25, 0.3) is 0 Å². The number of rotatable bonds is 3. The summed E-state index contributed by atoms with van der Waals surface area (Å²) in [5.74, 6) is -0.389. The Balaban J connectivity index is 2.26. The third-order valence-electron chi connectivity index (χ3n) is 2.59. The molecule has 0 aliphatic carbocycles. The molecule has 0 amide bonds. The smallest absolute Gasteiger partial charge is 0.141 e. The number of nitrogens with zero attached hydrogens (tertiary/aromatic N) is 1. The summed E-state index contributed by atoms with van der Waals surface area (Å²) >= 11 is 18.0. The van der Waals surface area contributed by atoms with Crippen LogP contribution in [-0.4, -0.2) is 4.98 Å². The summed E-state index contributed by atoms with van der Waals surface area (Å²) in [6.07, 6.45) is 2.73. The highest BCUT2D eigenvalue weighted by molar-refractivity contribution is 6.41. The number of aromatic nitrogens is 1. The minimum absolute atomic E-state index is 0.195. The standard InChI is InChI=1S/C13H10Cl3FN2/c1-7(8-2-10(17)6-18-5-8)19-13-11(15)3-9(14)4-12(13)16/h2-7,19H,1H3. The Kier molecular flexibility index (Phi) is 4.50. The molecule has 0 radical (unpaired) electrons. The first-order valence-electron chi connectivity index (χ1n) is 5.49. The van der Waals surface area contributed by atoms with Gasteiger partial charge in [0, 0.05) is 11.2 Å². The zero-order valence-electron chi connectivity index (χ0n) is 9.92. The minimum atomic E-state index is -0.389. The van der Waals surface area contributed by atoms with E-state index in [0.717, 1.165) is 6.20 Å². The maximum atomic E-state index is 13.1. The van der Waals surface area contributed by atoms with Crippen LogP contribution in [0.1, 0.15) is 18.5 Å². The van der Waals surface area contributed by atoms with Crippen LogP contribution in [0.5, 0.6) is 0 Å². The van der Waals surface area contributed by atoms with Gasteiger partial charge in [-0.1, -0.05) is 34.8 Å². The quantitative estimate of drug-likeness (QED) is 0.824. The van der Waals surface area contributed by atoms with Crippen molar-refractivity contribution in [2.45, 2.75) is 13.0 Å². The molecule has 0 bridgehead atoms. The number of hydrogen-bond acceptors (Lipinski definition) is 2. The highest BCUT2D eigenvalue weighted by Gasteiger charge is 2.12. The van der Waals surface area contributed by atoms with E-state index < -0.39 is 0 Å². The molecular weight excluding hydrogens is 310 g/mol. The second-order valence-corrected chi connectivity index (χ2v) is 5.30. The molecule has 1 N–H and O–H groups in total. The molecule has 0 fully saturated rings. The van der Waals surface area contributed by atoms with Gasteiger partial charge in [-0.15, -0.1) is 0 Å². The van der Waals surface area contributed by atoms with E-state index in [0.29, 0.717) is 26.3 Å². The molecule has 1 unspecified atom stereocenters. The fourth-order valence-electron chi connectivity index (χ4n) is 1.65. The van der Waals surface area contributed by atoms with Crippen molar-refractivity contribution >= 4 is 40.5 Å². The van der Waals surface area contributed by atoms with Gasteiger partial charge < -0.3 is 5.32 Å². The predicted octanol–water partition coefficient (Wildman–Crippen LogP) is 5.35. The first-order chi connectivity index (χ1) is 8.97. The van der Waals surface area contributed by atoms with Gasteiger partial charge in [-0.3, -0.25) is 4.98 Å². The lowest BCUT2D eigenvalue weighted by Crippen LogP contribution is -2.08. The largest absolute Gasteiger partial charge is 0.376 e. The zero-order chi connectivity index (χ0) is 14.0. The van der Waals surface area contributed by atoms with E-state index in [1.807, 2.05) is 6.92 Å². The normalized spacial score (nSPS) is 12.3. The molecule has 0 saturated carbocycles. The summed E-state index contributed by atoms with van der Waals surface area (Å²) in [6.45, 7) is 1.86. The monoisotopic (exact) mass is 318 g/mol. The summed E-state index contributed by atoms with van der Waals surface area (Å²) in [7, 11) is 0. The van der Waals surface area contributed by atoms with Crippen molar-refractivity contribution in [3.8, 4) is 0 Å². The third-order valence-corrected chi connectivity index (χ3v) is 3.41. The molecule has 1 aromatic heterocycles. The lowest BCUT2D eigenvalue weighted by atomic mass is 10.1. The lowest BCUT2D eigenvalue weighted by molar-refractivity contribution is 0.616. The Labute approximate surface area is 125 Å². The van der Waals surface area contributed by atoms with Gasteiger partial charge in [0.1, 0.15) is 5.82 Å². The molecule has 2 rings (SSSR count). The van der Waals surface area contributed by atoms with Gasteiger partial charge in [-0.25, -0.2) is 4.39 Å². The van der Waals surface area contributed by atoms with E-state index in [9.17, 15) is 4.39 Å². The summed E-state index contributed by atoms with van der Waals surface area (Å²) in [5, 5.41) is 4.40. The van der Waals surface area contributed by atoms with Crippen LogP contribution in [0.3, 0.4) is 0 Å². The average Bonchev–Trinajstić information content (AvgIpc) is 2.33. The fourth-order valence-corrected chi connectivity index (χ4v) is 2.57. The topological polar surface area (TPSA) is 24.9 Å². The molecule has 100 valence electrons. The summed E-state index contributed by atoms with van der Waals surface area (Å²) in [5.41, 5.74) is 1.26. The van der Waals surface area contributed by atoms with Gasteiger partial charge in [0.15, 0.2) is 0 Å². The van der Waals surface area contributed by atoms with Crippen molar-refractivity contribution in [2.24, 2.45) is 0 Å². The van der Waals surface area contributed by atoms with Gasteiger partial charge in [0.05, 0.1) is 28.0 Å². The average molecular weight is 320 g/mol. The van der Waals surface area contributed by atoms with Crippen molar-refractivity contribution in [3.05, 3.63) is 57.0 Å². The van der Waals surface area contributed by atoms with E-state index in [-0.39, 0.29) is 11.9 Å². The molecule has 2 aromatic rings. The van der Waals surface area contributed by atoms with E-state index in [2.05, 4.69) is 10.3 Å². The van der Waals surface area contributed by atoms with E-state index in [1.165, 1.54) is 6.07 Å². The molecular formula is C13H10Cl3FN2. The minimum Gasteiger partial charge on any atom is -0.376 e. The Bertz CT molecular complexity index is 581. The lowest BCUT2D eigenvalue weighted by Gasteiger charge is -2.17. The Morgan fingerprint density at radius 2 is 1.74 bits per heavy atom. The van der Waals surface area contributed by atoms with Crippen LogP contribution < -0.4 is 5.32 Å². The molecule has 1 heterocycles. The summed E-state index contributed by atoms with van der Waals surface area (Å²) in [6, 6.07) is 4.39. The highest BCUT2D eigenvalue weighted by atomic mass is 35.5. The highest BCUT2D eigenvalue weighted by Crippen LogP contribution is 2.35. The Morgan fingerprint density at radius 3 is 2.32 bits per heavy atom. The second-order valence-electron chi connectivity index (χ2n) is 4.05. The Morgan fingerprint density at radius 1 is 1.11 bits per heavy atom. The van der Waals surface area contributed by atoms with Crippen molar-refractivity contribution < 1.29 is 4.39 Å². The van der Waals surface area contributed by atoms with Gasteiger partial charge in [0.2, 0.25) is 0 Å². The van der Waals surface area contributed by atoms with Crippen LogP contribution in [0.15, 0.2) is 30.6 Å². The number of halogens is 4. The molecule has 2 nitrogen and oxygen atoms in total. The number of benzene rings is 1. The van der Waals surface area contributed by atoms with Crippen LogP contribution in [0.25, 0.3) is 0 Å². The molecule has 0 saturated heterocycles. The summed E-state index contributed by atoms with van der Waals surface area (Å²) in [4.78, 5) is 3.80. The maximum Gasteiger partial charge on any atom is 0.141 e. The molecule has 0 spiro atoms. The van der Waals surface area contributed by atoms with Crippen LogP contribution >= 0.6 is 34.8 Å². The zero-order valence-corrected chi connectivity index (χ0v) is 12.2. The van der Waals surface area contributed by atoms with Crippen molar-refractivity contribution in [1.29, 1.82) is 0 Å². The first kappa shape index (κ1) is 14.4. The van der Waals surface area contributed by atoms with Gasteiger partial charge in [-0.05, 0) is 30.7 Å². The van der Waals surface area contributed by atoms with Gasteiger partial charge in [-0.2, -0.15) is 0 Å². The molecule has 0 aliphatic heterocycles. The first-order valence-corrected chi connectivity index (χ1v) is 6.62. The van der Waals surface area contributed by atoms with Crippen LogP contribution in [0.4, 0.5) is 10.1 Å². The number of anilines is 1. The fraction of sp³-hybridized carbons (Fsp3) is 0.154. The van der Waals surface area contributed by atoms with Crippen LogP contribution in [0.2, 0.25) is 15.1 Å². The van der Waals surface area contributed by atoms with E-state index in [4.69, 9.17) is 34.8 Å². The van der Waals surface area contributed by atoms with Crippen molar-refractivity contribution in [3.63, 3.8) is 0 Å². The SMILES string of the molecule is CC(Nc1c(Cl)cc(Cl)cc1Cl)c1cncc(F)c1. The van der Waals surface area contributed by atoms with Gasteiger partial charge >= 0.3 is 0 Å². The van der Waals surface area contributed by atoms with Crippen LogP contribution in [-0.2, 0) is 0 Å². The second kappa shape index (κ2) is 5.95. The van der Waals surface area contributed by atoms with E-state index >= 15 is 0 Å². The number of nitrogens with one attached hydrogen (secondary N) is 1. The Hall–Kier alpha value is -1.03. The molecule has 1 atom stereocenters. The predicted molar refractivity (Wildman–Crippen MR) is 77.7 cm³/mol. The third kappa shape index (κ3) is 3.50. The van der Waals surface area contributed by atoms with Crippen molar-refractivity contribution in [2.75, 3.05) is 5.32 Å². The van der Waals surface area contributed by atoms with E-state index in [1.54, 1.807) is 18.3 Å². The molecule has 19 heavy (non-hydrogen) atoms. The van der Waals surface area contributed by atoms with Crippen LogP contribution in [0, 0.1) is 5.82 Å². The molecule has 1 aromatic carbocycles. The summed E-state index contributed by atoms with van der Waals surface area (Å²) < 4.78 is 13.1.